The van der Waals surface area contributed by atoms with Crippen molar-refractivity contribution in [3.63, 3.8) is 0 Å². The number of rotatable bonds is 0. The quantitative estimate of drug-likeness (QED) is 0.510. The van der Waals surface area contributed by atoms with E-state index in [1.165, 1.54) is 44.9 Å². The van der Waals surface area contributed by atoms with E-state index in [1.54, 1.807) is 0 Å². The maximum atomic E-state index is 2.49. The SMILES string of the molecule is CC1(C)CCC2CCCCCC21. The van der Waals surface area contributed by atoms with E-state index in [-0.39, 0.29) is 0 Å². The second kappa shape index (κ2) is 3.05. The Bertz CT molecular complexity index is 155. The van der Waals surface area contributed by atoms with Crippen LogP contribution in [0.4, 0.5) is 0 Å². The first-order valence-electron chi connectivity index (χ1n) is 5.70. The minimum atomic E-state index is 0.676. The van der Waals surface area contributed by atoms with Gasteiger partial charge in [0.15, 0.2) is 0 Å². The smallest absolute Gasteiger partial charge is 0.0323 e. The topological polar surface area (TPSA) is 0 Å². The van der Waals surface area contributed by atoms with Gasteiger partial charge in [-0.2, -0.15) is 0 Å². The third-order valence-corrected chi connectivity index (χ3v) is 4.32. The summed E-state index contributed by atoms with van der Waals surface area (Å²) in [6.45, 7) is 4.98. The molecule has 2 fully saturated rings. The van der Waals surface area contributed by atoms with Crippen LogP contribution in [0.25, 0.3) is 0 Å². The molecule has 12 heavy (non-hydrogen) atoms. The van der Waals surface area contributed by atoms with Crippen molar-refractivity contribution in [2.45, 2.75) is 58.8 Å². The summed E-state index contributed by atoms with van der Waals surface area (Å²) in [7, 11) is 0. The van der Waals surface area contributed by atoms with Crippen molar-refractivity contribution in [1.29, 1.82) is 0 Å². The van der Waals surface area contributed by atoms with Crippen molar-refractivity contribution in [2.24, 2.45) is 17.3 Å². The average molecular weight is 166 g/mol. The van der Waals surface area contributed by atoms with Crippen molar-refractivity contribution < 1.29 is 0 Å². The van der Waals surface area contributed by atoms with Gasteiger partial charge in [-0.05, 0) is 36.5 Å². The van der Waals surface area contributed by atoms with Crippen LogP contribution < -0.4 is 0 Å². The summed E-state index contributed by atoms with van der Waals surface area (Å²) in [5, 5.41) is 0. The summed E-state index contributed by atoms with van der Waals surface area (Å²) >= 11 is 0. The molecule has 0 aliphatic heterocycles. The van der Waals surface area contributed by atoms with E-state index in [1.807, 2.05) is 0 Å². The molecule has 2 unspecified atom stereocenters. The summed E-state index contributed by atoms with van der Waals surface area (Å²) in [4.78, 5) is 0. The zero-order chi connectivity index (χ0) is 8.60. The fourth-order valence-corrected chi connectivity index (χ4v) is 3.50. The molecule has 0 aromatic heterocycles. The molecule has 2 aliphatic rings. The highest BCUT2D eigenvalue weighted by atomic mass is 14.5. The van der Waals surface area contributed by atoms with Crippen LogP contribution in [0.2, 0.25) is 0 Å². The van der Waals surface area contributed by atoms with Crippen molar-refractivity contribution in [1.82, 2.24) is 0 Å². The number of hydrogen-bond acceptors (Lipinski definition) is 0. The van der Waals surface area contributed by atoms with Crippen LogP contribution >= 0.6 is 0 Å². The Kier molecular flexibility index (Phi) is 2.18. The Morgan fingerprint density at radius 1 is 0.917 bits per heavy atom. The monoisotopic (exact) mass is 166 g/mol. The Morgan fingerprint density at radius 3 is 2.50 bits per heavy atom. The van der Waals surface area contributed by atoms with Crippen LogP contribution in [0.3, 0.4) is 0 Å². The molecule has 0 saturated heterocycles. The second-order valence-corrected chi connectivity index (χ2v) is 5.53. The molecule has 0 aromatic rings. The number of hydrogen-bond donors (Lipinski definition) is 0. The molecule has 0 heterocycles. The summed E-state index contributed by atoms with van der Waals surface area (Å²) in [6.07, 6.45) is 10.6. The maximum absolute atomic E-state index is 2.49. The molecule has 0 nitrogen and oxygen atoms in total. The molecule has 0 spiro atoms. The van der Waals surface area contributed by atoms with Crippen LogP contribution in [0.15, 0.2) is 0 Å². The van der Waals surface area contributed by atoms with Gasteiger partial charge in [-0.1, -0.05) is 39.5 Å². The first kappa shape index (κ1) is 8.59. The second-order valence-electron chi connectivity index (χ2n) is 5.53. The van der Waals surface area contributed by atoms with Crippen LogP contribution in [0, 0.1) is 17.3 Å². The minimum Gasteiger partial charge on any atom is -0.0596 e. The molecule has 2 saturated carbocycles. The van der Waals surface area contributed by atoms with Gasteiger partial charge in [0.05, 0.1) is 0 Å². The lowest BCUT2D eigenvalue weighted by molar-refractivity contribution is 0.206. The van der Waals surface area contributed by atoms with Gasteiger partial charge in [-0.25, -0.2) is 0 Å². The summed E-state index contributed by atoms with van der Waals surface area (Å²) < 4.78 is 0. The van der Waals surface area contributed by atoms with E-state index in [9.17, 15) is 0 Å². The predicted octanol–water partition coefficient (Wildman–Crippen LogP) is 4.00. The predicted molar refractivity (Wildman–Crippen MR) is 53.1 cm³/mol. The fraction of sp³-hybridized carbons (Fsp3) is 1.00. The molecule has 0 aromatic carbocycles. The third-order valence-electron chi connectivity index (χ3n) is 4.32. The van der Waals surface area contributed by atoms with E-state index >= 15 is 0 Å². The molecule has 2 atom stereocenters. The van der Waals surface area contributed by atoms with Gasteiger partial charge in [0.25, 0.3) is 0 Å². The molecule has 2 rings (SSSR count). The molecular weight excluding hydrogens is 144 g/mol. The molecule has 0 heteroatoms. The van der Waals surface area contributed by atoms with Gasteiger partial charge in [-0.15, -0.1) is 0 Å². The first-order valence-corrected chi connectivity index (χ1v) is 5.70. The van der Waals surface area contributed by atoms with Crippen LogP contribution in [0.1, 0.15) is 58.8 Å². The fourth-order valence-electron chi connectivity index (χ4n) is 3.50. The molecule has 2 aliphatic carbocycles. The summed E-state index contributed by atoms with van der Waals surface area (Å²) in [5.41, 5.74) is 0.676. The van der Waals surface area contributed by atoms with Gasteiger partial charge in [0.2, 0.25) is 0 Å². The van der Waals surface area contributed by atoms with E-state index in [2.05, 4.69) is 13.8 Å². The lowest BCUT2D eigenvalue weighted by atomic mass is 9.76. The Balaban J connectivity index is 2.09. The number of fused-ring (bicyclic) bond motifs is 1. The Labute approximate surface area is 76.7 Å². The van der Waals surface area contributed by atoms with E-state index in [0.29, 0.717) is 5.41 Å². The molecule has 0 amide bonds. The van der Waals surface area contributed by atoms with E-state index in [4.69, 9.17) is 0 Å². The lowest BCUT2D eigenvalue weighted by Crippen LogP contribution is -2.21. The van der Waals surface area contributed by atoms with Gasteiger partial charge < -0.3 is 0 Å². The van der Waals surface area contributed by atoms with Gasteiger partial charge >= 0.3 is 0 Å². The first-order chi connectivity index (χ1) is 5.70. The summed E-state index contributed by atoms with van der Waals surface area (Å²) in [6, 6.07) is 0. The highest BCUT2D eigenvalue weighted by Crippen LogP contribution is 2.51. The molecule has 0 radical (unpaired) electrons. The van der Waals surface area contributed by atoms with Crippen LogP contribution in [-0.4, -0.2) is 0 Å². The van der Waals surface area contributed by atoms with Crippen molar-refractivity contribution in [3.8, 4) is 0 Å². The van der Waals surface area contributed by atoms with Crippen molar-refractivity contribution in [2.75, 3.05) is 0 Å². The van der Waals surface area contributed by atoms with Gasteiger partial charge in [0, 0.05) is 0 Å². The summed E-state index contributed by atoms with van der Waals surface area (Å²) in [5.74, 6) is 2.17. The maximum Gasteiger partial charge on any atom is -0.0323 e. The highest BCUT2D eigenvalue weighted by Gasteiger charge is 2.41. The van der Waals surface area contributed by atoms with Crippen molar-refractivity contribution >= 4 is 0 Å². The van der Waals surface area contributed by atoms with E-state index in [0.717, 1.165) is 11.8 Å². The Hall–Kier alpha value is 0. The van der Waals surface area contributed by atoms with Gasteiger partial charge in [-0.3, -0.25) is 0 Å². The molecule has 0 bridgehead atoms. The normalized spacial score (nSPS) is 40.5. The zero-order valence-corrected chi connectivity index (χ0v) is 8.60. The minimum absolute atomic E-state index is 0.676. The van der Waals surface area contributed by atoms with Gasteiger partial charge in [0.1, 0.15) is 0 Å². The molecule has 0 N–H and O–H groups in total. The molecular formula is C12H22. The zero-order valence-electron chi connectivity index (χ0n) is 8.60. The van der Waals surface area contributed by atoms with Crippen LogP contribution in [0.5, 0.6) is 0 Å². The highest BCUT2D eigenvalue weighted by molar-refractivity contribution is 4.91. The van der Waals surface area contributed by atoms with Crippen LogP contribution in [-0.2, 0) is 0 Å². The Morgan fingerprint density at radius 2 is 1.67 bits per heavy atom. The molecule has 70 valence electrons. The lowest BCUT2D eigenvalue weighted by Gasteiger charge is -2.29. The standard InChI is InChI=1S/C12H22/c1-12(2)9-8-10-6-4-3-5-7-11(10)12/h10-11H,3-9H2,1-2H3. The van der Waals surface area contributed by atoms with E-state index < -0.39 is 0 Å². The third kappa shape index (κ3) is 1.41. The average Bonchev–Trinajstić information content (AvgIpc) is 2.27. The largest absolute Gasteiger partial charge is 0.0596 e. The van der Waals surface area contributed by atoms with Crippen molar-refractivity contribution in [3.05, 3.63) is 0 Å².